The van der Waals surface area contributed by atoms with Gasteiger partial charge in [-0.25, -0.2) is 4.79 Å². The number of aromatic nitrogens is 1. The maximum Gasteiger partial charge on any atom is 0.326 e. The molecule has 1 heterocycles. The summed E-state index contributed by atoms with van der Waals surface area (Å²) in [5, 5.41) is 17.7. The molecule has 1 aromatic carbocycles. The second-order valence-electron chi connectivity index (χ2n) is 8.72. The van der Waals surface area contributed by atoms with Gasteiger partial charge in [0.2, 0.25) is 23.6 Å². The van der Waals surface area contributed by atoms with Crippen molar-refractivity contribution in [3.63, 3.8) is 0 Å². The van der Waals surface area contributed by atoms with E-state index < -0.39 is 54.3 Å². The molecule has 4 amide bonds. The highest BCUT2D eigenvalue weighted by Crippen LogP contribution is 2.19. The summed E-state index contributed by atoms with van der Waals surface area (Å²) in [5.74, 6) is -4.02. The Morgan fingerprint density at radius 3 is 2.39 bits per heavy atom. The minimum absolute atomic E-state index is 0.0457. The molecular formula is C24H34N6O6. The van der Waals surface area contributed by atoms with E-state index in [0.717, 1.165) is 16.5 Å². The number of nitrogens with two attached hydrogens (primary N) is 2. The molecule has 0 aliphatic heterocycles. The van der Waals surface area contributed by atoms with Crippen molar-refractivity contribution in [1.29, 1.82) is 0 Å². The first-order valence-electron chi connectivity index (χ1n) is 11.7. The van der Waals surface area contributed by atoms with Crippen LogP contribution in [0.5, 0.6) is 0 Å². The number of hydrogen-bond acceptors (Lipinski definition) is 6. The number of aliphatic carboxylic acids is 1. The fourth-order valence-electron chi connectivity index (χ4n) is 3.59. The Labute approximate surface area is 208 Å². The lowest BCUT2D eigenvalue weighted by atomic mass is 9.99. The first-order chi connectivity index (χ1) is 17.0. The number of aromatic amines is 1. The van der Waals surface area contributed by atoms with Gasteiger partial charge in [-0.1, -0.05) is 38.5 Å². The van der Waals surface area contributed by atoms with Crippen LogP contribution in [-0.4, -0.2) is 64.4 Å². The maximum absolute atomic E-state index is 13.1. The van der Waals surface area contributed by atoms with Crippen LogP contribution >= 0.6 is 0 Å². The number of carbonyl (C=O) groups excluding carboxylic acids is 4. The average molecular weight is 503 g/mol. The summed E-state index contributed by atoms with van der Waals surface area (Å²) in [7, 11) is 0. The van der Waals surface area contributed by atoms with E-state index in [-0.39, 0.29) is 25.2 Å². The predicted molar refractivity (Wildman–Crippen MR) is 132 cm³/mol. The molecule has 0 fully saturated rings. The van der Waals surface area contributed by atoms with Crippen LogP contribution in [0.15, 0.2) is 30.5 Å². The summed E-state index contributed by atoms with van der Waals surface area (Å²) in [4.78, 5) is 63.6. The topological polar surface area (TPSA) is 209 Å². The van der Waals surface area contributed by atoms with Crippen molar-refractivity contribution >= 4 is 40.5 Å². The number of carboxylic acid groups (broad SMARTS) is 1. The van der Waals surface area contributed by atoms with Crippen LogP contribution in [0, 0.1) is 5.92 Å². The summed E-state index contributed by atoms with van der Waals surface area (Å²) < 4.78 is 0. The van der Waals surface area contributed by atoms with E-state index in [2.05, 4.69) is 20.9 Å². The summed E-state index contributed by atoms with van der Waals surface area (Å²) in [6, 6.07) is 4.06. The lowest BCUT2D eigenvalue weighted by Gasteiger charge is -2.22. The van der Waals surface area contributed by atoms with Crippen LogP contribution in [-0.2, 0) is 30.4 Å². The number of fused-ring (bicyclic) bond motifs is 1. The zero-order valence-electron chi connectivity index (χ0n) is 20.4. The third kappa shape index (κ3) is 8.08. The van der Waals surface area contributed by atoms with Gasteiger partial charge in [0.1, 0.15) is 12.1 Å². The molecular weight excluding hydrogens is 468 g/mol. The molecule has 36 heavy (non-hydrogen) atoms. The van der Waals surface area contributed by atoms with Gasteiger partial charge in [-0.3, -0.25) is 19.2 Å². The van der Waals surface area contributed by atoms with Crippen LogP contribution in [0.2, 0.25) is 0 Å². The minimum Gasteiger partial charge on any atom is -0.480 e. The SMILES string of the molecule is CCC(C)C(N)C(=O)NCC(=O)NC(Cc1c[nH]c2ccccc12)C(=O)NC(CCC(N)=O)C(=O)O. The number of rotatable bonds is 14. The van der Waals surface area contributed by atoms with Gasteiger partial charge in [0.25, 0.3) is 0 Å². The van der Waals surface area contributed by atoms with Gasteiger partial charge in [0.05, 0.1) is 12.6 Å². The van der Waals surface area contributed by atoms with Crippen molar-refractivity contribution in [1.82, 2.24) is 20.9 Å². The summed E-state index contributed by atoms with van der Waals surface area (Å²) in [5.41, 5.74) is 12.5. The van der Waals surface area contributed by atoms with E-state index in [1.807, 2.05) is 38.1 Å². The number of primary amides is 1. The van der Waals surface area contributed by atoms with Crippen LogP contribution in [0.4, 0.5) is 0 Å². The van der Waals surface area contributed by atoms with E-state index in [9.17, 15) is 29.1 Å². The standard InChI is InChI=1S/C24H34N6O6/c1-3-13(2)21(26)23(34)28-12-20(32)29-18(10-14-11-27-16-7-5-4-6-15(14)16)22(33)30-17(24(35)36)8-9-19(25)31/h4-7,11,13,17-18,21,27H,3,8-10,12,26H2,1-2H3,(H2,25,31)(H,28,34)(H,29,32)(H,30,33)(H,35,36). The van der Waals surface area contributed by atoms with E-state index in [1.54, 1.807) is 6.20 Å². The van der Waals surface area contributed by atoms with Crippen LogP contribution < -0.4 is 27.4 Å². The summed E-state index contributed by atoms with van der Waals surface area (Å²) in [6.45, 7) is 3.31. The van der Waals surface area contributed by atoms with Crippen molar-refractivity contribution in [2.45, 2.75) is 57.7 Å². The Bertz CT molecular complexity index is 1100. The fraction of sp³-hybridized carbons (Fsp3) is 0.458. The molecule has 196 valence electrons. The van der Waals surface area contributed by atoms with E-state index in [0.29, 0.717) is 6.42 Å². The Morgan fingerprint density at radius 2 is 1.75 bits per heavy atom. The number of benzene rings is 1. The second kappa shape index (κ2) is 13.2. The summed E-state index contributed by atoms with van der Waals surface area (Å²) >= 11 is 0. The molecule has 9 N–H and O–H groups in total. The molecule has 2 aromatic rings. The number of carbonyl (C=O) groups is 5. The number of hydrogen-bond donors (Lipinski definition) is 7. The third-order valence-electron chi connectivity index (χ3n) is 6.03. The van der Waals surface area contributed by atoms with Crippen molar-refractivity contribution in [2.75, 3.05) is 6.54 Å². The smallest absolute Gasteiger partial charge is 0.326 e. The van der Waals surface area contributed by atoms with Crippen molar-refractivity contribution in [3.05, 3.63) is 36.0 Å². The average Bonchev–Trinajstić information content (AvgIpc) is 3.25. The molecule has 12 heteroatoms. The minimum atomic E-state index is -1.37. The molecule has 0 aliphatic carbocycles. The zero-order valence-corrected chi connectivity index (χ0v) is 20.4. The van der Waals surface area contributed by atoms with Crippen LogP contribution in [0.25, 0.3) is 10.9 Å². The largest absolute Gasteiger partial charge is 0.480 e. The molecule has 0 saturated heterocycles. The van der Waals surface area contributed by atoms with Crippen molar-refractivity contribution in [2.24, 2.45) is 17.4 Å². The second-order valence-corrected chi connectivity index (χ2v) is 8.72. The Balaban J connectivity index is 2.16. The van der Waals surface area contributed by atoms with E-state index >= 15 is 0 Å². The number of carboxylic acids is 1. The molecule has 0 saturated carbocycles. The quantitative estimate of drug-likeness (QED) is 0.180. The van der Waals surface area contributed by atoms with Gasteiger partial charge in [-0.2, -0.15) is 0 Å². The summed E-state index contributed by atoms with van der Waals surface area (Å²) in [6.07, 6.45) is 2.00. The molecule has 0 spiro atoms. The predicted octanol–water partition coefficient (Wildman–Crippen LogP) is -0.480. The lowest BCUT2D eigenvalue weighted by molar-refractivity contribution is -0.142. The molecule has 0 radical (unpaired) electrons. The lowest BCUT2D eigenvalue weighted by Crippen LogP contribution is -2.54. The monoisotopic (exact) mass is 502 g/mol. The normalized spacial score (nSPS) is 14.3. The Kier molecular flexibility index (Phi) is 10.4. The highest BCUT2D eigenvalue weighted by atomic mass is 16.4. The van der Waals surface area contributed by atoms with Crippen LogP contribution in [0.1, 0.15) is 38.7 Å². The van der Waals surface area contributed by atoms with Gasteiger partial charge in [0, 0.05) is 29.9 Å². The fourth-order valence-corrected chi connectivity index (χ4v) is 3.59. The van der Waals surface area contributed by atoms with E-state index in [1.165, 1.54) is 0 Å². The van der Waals surface area contributed by atoms with E-state index in [4.69, 9.17) is 11.5 Å². The number of amides is 4. The molecule has 2 rings (SSSR count). The van der Waals surface area contributed by atoms with Gasteiger partial charge in [-0.05, 0) is 24.0 Å². The highest BCUT2D eigenvalue weighted by molar-refractivity contribution is 5.93. The first-order valence-corrected chi connectivity index (χ1v) is 11.7. The Morgan fingerprint density at radius 1 is 1.06 bits per heavy atom. The van der Waals surface area contributed by atoms with Gasteiger partial charge >= 0.3 is 5.97 Å². The Hall–Kier alpha value is -3.93. The van der Waals surface area contributed by atoms with Crippen molar-refractivity contribution in [3.8, 4) is 0 Å². The molecule has 12 nitrogen and oxygen atoms in total. The maximum atomic E-state index is 13.1. The van der Waals surface area contributed by atoms with Crippen molar-refractivity contribution < 1.29 is 29.1 Å². The third-order valence-corrected chi connectivity index (χ3v) is 6.03. The van der Waals surface area contributed by atoms with Crippen LogP contribution in [0.3, 0.4) is 0 Å². The molecule has 0 aliphatic rings. The zero-order chi connectivity index (χ0) is 26.8. The number of H-pyrrole nitrogens is 1. The number of para-hydroxylation sites is 1. The van der Waals surface area contributed by atoms with Gasteiger partial charge in [-0.15, -0.1) is 0 Å². The number of nitrogens with one attached hydrogen (secondary N) is 4. The molecule has 4 atom stereocenters. The molecule has 4 unspecified atom stereocenters. The molecule has 0 bridgehead atoms. The van der Waals surface area contributed by atoms with Gasteiger partial charge < -0.3 is 37.5 Å². The first kappa shape index (κ1) is 28.3. The molecule has 1 aromatic heterocycles. The van der Waals surface area contributed by atoms with Gasteiger partial charge in [0.15, 0.2) is 0 Å². The highest BCUT2D eigenvalue weighted by Gasteiger charge is 2.28.